The molecule has 0 bridgehead atoms. The molecule has 1 aromatic carbocycles. The van der Waals surface area contributed by atoms with Crippen LogP contribution in [0, 0.1) is 12.8 Å². The molecule has 1 aliphatic heterocycles. The Bertz CT molecular complexity index is 385. The second-order valence-corrected chi connectivity index (χ2v) is 6.42. The predicted molar refractivity (Wildman–Crippen MR) is 87.1 cm³/mol. The van der Waals surface area contributed by atoms with Gasteiger partial charge in [-0.3, -0.25) is 0 Å². The number of nitrogens with one attached hydrogen (secondary N) is 1. The van der Waals surface area contributed by atoms with E-state index in [-0.39, 0.29) is 0 Å². The van der Waals surface area contributed by atoms with Gasteiger partial charge in [-0.05, 0) is 70.8 Å². The van der Waals surface area contributed by atoms with Gasteiger partial charge in [-0.15, -0.1) is 0 Å². The normalized spacial score (nSPS) is 22.4. The van der Waals surface area contributed by atoms with E-state index in [1.165, 1.54) is 56.4 Å². The van der Waals surface area contributed by atoms with Crippen LogP contribution in [0.15, 0.2) is 24.3 Å². The van der Waals surface area contributed by atoms with E-state index in [2.05, 4.69) is 55.4 Å². The van der Waals surface area contributed by atoms with Gasteiger partial charge in [-0.1, -0.05) is 36.8 Å². The molecule has 20 heavy (non-hydrogen) atoms. The zero-order chi connectivity index (χ0) is 14.4. The lowest BCUT2D eigenvalue weighted by Crippen LogP contribution is -2.29. The molecule has 2 nitrogen and oxygen atoms in total. The Balaban J connectivity index is 1.85. The molecule has 2 heteroatoms. The summed E-state index contributed by atoms with van der Waals surface area (Å²) in [6.07, 6.45) is 5.35. The van der Waals surface area contributed by atoms with Crippen LogP contribution in [-0.2, 0) is 0 Å². The van der Waals surface area contributed by atoms with Crippen molar-refractivity contribution < 1.29 is 0 Å². The van der Waals surface area contributed by atoms with Crippen LogP contribution in [0.25, 0.3) is 0 Å². The number of aryl methyl sites for hydroxylation is 1. The lowest BCUT2D eigenvalue weighted by atomic mass is 10.0. The van der Waals surface area contributed by atoms with Crippen molar-refractivity contribution in [2.24, 2.45) is 5.92 Å². The van der Waals surface area contributed by atoms with Crippen molar-refractivity contribution in [1.29, 1.82) is 0 Å². The average molecular weight is 274 g/mol. The maximum Gasteiger partial charge on any atom is 0.0329 e. The standard InChI is InChI=1S/C18H30N2/c1-15-5-4-12-20(13-10-15)14-11-18(19-3)17-8-6-16(2)7-9-17/h6-9,15,18-19H,4-5,10-14H2,1-3H3. The number of benzene rings is 1. The Morgan fingerprint density at radius 3 is 2.65 bits per heavy atom. The van der Waals surface area contributed by atoms with Crippen molar-refractivity contribution in [2.45, 2.75) is 45.6 Å². The summed E-state index contributed by atoms with van der Waals surface area (Å²) in [7, 11) is 2.08. The molecular formula is C18H30N2. The van der Waals surface area contributed by atoms with Gasteiger partial charge in [0.15, 0.2) is 0 Å². The Hall–Kier alpha value is -0.860. The van der Waals surface area contributed by atoms with Crippen LogP contribution in [0.2, 0.25) is 0 Å². The van der Waals surface area contributed by atoms with Gasteiger partial charge in [-0.25, -0.2) is 0 Å². The van der Waals surface area contributed by atoms with Gasteiger partial charge >= 0.3 is 0 Å². The number of likely N-dealkylation sites (tertiary alicyclic amines) is 1. The van der Waals surface area contributed by atoms with Crippen LogP contribution in [0.3, 0.4) is 0 Å². The molecule has 0 saturated carbocycles. The molecule has 0 aliphatic carbocycles. The highest BCUT2D eigenvalue weighted by molar-refractivity contribution is 5.24. The smallest absolute Gasteiger partial charge is 0.0329 e. The van der Waals surface area contributed by atoms with E-state index in [9.17, 15) is 0 Å². The van der Waals surface area contributed by atoms with Crippen molar-refractivity contribution >= 4 is 0 Å². The first-order chi connectivity index (χ1) is 9.69. The summed E-state index contributed by atoms with van der Waals surface area (Å²) in [5.41, 5.74) is 2.76. The van der Waals surface area contributed by atoms with Gasteiger partial charge in [-0.2, -0.15) is 0 Å². The summed E-state index contributed by atoms with van der Waals surface area (Å²) >= 11 is 0. The van der Waals surface area contributed by atoms with Crippen LogP contribution < -0.4 is 5.32 Å². The van der Waals surface area contributed by atoms with Crippen LogP contribution >= 0.6 is 0 Å². The molecule has 1 aromatic rings. The third-order valence-electron chi connectivity index (χ3n) is 4.67. The lowest BCUT2D eigenvalue weighted by Gasteiger charge is -2.24. The van der Waals surface area contributed by atoms with Gasteiger partial charge in [0.05, 0.1) is 0 Å². The first-order valence-corrected chi connectivity index (χ1v) is 8.15. The minimum Gasteiger partial charge on any atom is -0.313 e. The molecule has 1 fully saturated rings. The van der Waals surface area contributed by atoms with Crippen molar-refractivity contribution in [3.63, 3.8) is 0 Å². The van der Waals surface area contributed by atoms with Crippen molar-refractivity contribution in [3.8, 4) is 0 Å². The number of hydrogen-bond acceptors (Lipinski definition) is 2. The van der Waals surface area contributed by atoms with Crippen molar-refractivity contribution in [1.82, 2.24) is 10.2 Å². The fourth-order valence-electron chi connectivity index (χ4n) is 3.13. The third-order valence-corrected chi connectivity index (χ3v) is 4.67. The highest BCUT2D eigenvalue weighted by atomic mass is 15.1. The number of rotatable bonds is 5. The second-order valence-electron chi connectivity index (χ2n) is 6.42. The summed E-state index contributed by atoms with van der Waals surface area (Å²) in [6, 6.07) is 9.44. The lowest BCUT2D eigenvalue weighted by molar-refractivity contribution is 0.265. The maximum atomic E-state index is 3.48. The molecule has 0 spiro atoms. The average Bonchev–Trinajstić information content (AvgIpc) is 2.66. The quantitative estimate of drug-likeness (QED) is 0.879. The van der Waals surface area contributed by atoms with Gasteiger partial charge in [0.25, 0.3) is 0 Å². The Morgan fingerprint density at radius 2 is 1.95 bits per heavy atom. The van der Waals surface area contributed by atoms with Gasteiger partial charge in [0, 0.05) is 6.04 Å². The fraction of sp³-hybridized carbons (Fsp3) is 0.667. The fourth-order valence-corrected chi connectivity index (χ4v) is 3.13. The minimum absolute atomic E-state index is 0.483. The zero-order valence-corrected chi connectivity index (χ0v) is 13.4. The van der Waals surface area contributed by atoms with Crippen molar-refractivity contribution in [3.05, 3.63) is 35.4 Å². The van der Waals surface area contributed by atoms with E-state index in [4.69, 9.17) is 0 Å². The SMILES string of the molecule is CNC(CCN1CCCC(C)CC1)c1ccc(C)cc1. The molecule has 1 aliphatic rings. The maximum absolute atomic E-state index is 3.48. The number of nitrogens with zero attached hydrogens (tertiary/aromatic N) is 1. The molecule has 0 radical (unpaired) electrons. The number of hydrogen-bond donors (Lipinski definition) is 1. The molecule has 1 N–H and O–H groups in total. The molecule has 1 saturated heterocycles. The molecule has 2 atom stereocenters. The topological polar surface area (TPSA) is 15.3 Å². The molecule has 0 amide bonds. The summed E-state index contributed by atoms with van der Waals surface area (Å²) < 4.78 is 0. The first-order valence-electron chi connectivity index (χ1n) is 8.15. The highest BCUT2D eigenvalue weighted by Crippen LogP contribution is 2.20. The highest BCUT2D eigenvalue weighted by Gasteiger charge is 2.15. The van der Waals surface area contributed by atoms with E-state index in [0.29, 0.717) is 6.04 Å². The molecule has 1 heterocycles. The van der Waals surface area contributed by atoms with E-state index >= 15 is 0 Å². The second kappa shape index (κ2) is 7.80. The van der Waals surface area contributed by atoms with Crippen molar-refractivity contribution in [2.75, 3.05) is 26.7 Å². The van der Waals surface area contributed by atoms with E-state index < -0.39 is 0 Å². The van der Waals surface area contributed by atoms with Gasteiger partial charge < -0.3 is 10.2 Å². The Labute approximate surface area is 124 Å². The van der Waals surface area contributed by atoms with Gasteiger partial charge in [0.2, 0.25) is 0 Å². The monoisotopic (exact) mass is 274 g/mol. The van der Waals surface area contributed by atoms with E-state index in [1.54, 1.807) is 0 Å². The first kappa shape index (κ1) is 15.5. The largest absolute Gasteiger partial charge is 0.313 e. The minimum atomic E-state index is 0.483. The Morgan fingerprint density at radius 1 is 1.20 bits per heavy atom. The van der Waals surface area contributed by atoms with Crippen LogP contribution in [0.4, 0.5) is 0 Å². The van der Waals surface area contributed by atoms with Crippen LogP contribution in [-0.4, -0.2) is 31.6 Å². The van der Waals surface area contributed by atoms with E-state index in [0.717, 1.165) is 5.92 Å². The zero-order valence-electron chi connectivity index (χ0n) is 13.4. The summed E-state index contributed by atoms with van der Waals surface area (Å²) in [6.45, 7) is 8.33. The third kappa shape index (κ3) is 4.60. The molecule has 2 unspecified atom stereocenters. The molecule has 2 rings (SSSR count). The predicted octanol–water partition coefficient (Wildman–Crippen LogP) is 3.77. The molecule has 0 aromatic heterocycles. The summed E-state index contributed by atoms with van der Waals surface area (Å²) in [5.74, 6) is 0.914. The van der Waals surface area contributed by atoms with Crippen LogP contribution in [0.5, 0.6) is 0 Å². The summed E-state index contributed by atoms with van der Waals surface area (Å²) in [4.78, 5) is 2.65. The van der Waals surface area contributed by atoms with Crippen LogP contribution in [0.1, 0.15) is 49.8 Å². The summed E-state index contributed by atoms with van der Waals surface area (Å²) in [5, 5.41) is 3.48. The molecular weight excluding hydrogens is 244 g/mol. The van der Waals surface area contributed by atoms with Gasteiger partial charge in [0.1, 0.15) is 0 Å². The molecule has 112 valence electrons. The Kier molecular flexibility index (Phi) is 6.06. The van der Waals surface area contributed by atoms with E-state index in [1.807, 2.05) is 0 Å².